The normalized spacial score (nSPS) is 8.47. The van der Waals surface area contributed by atoms with E-state index in [1.807, 2.05) is 32.9 Å². The van der Waals surface area contributed by atoms with E-state index in [2.05, 4.69) is 4.74 Å². The van der Waals surface area contributed by atoms with Crippen molar-refractivity contribution < 1.29 is 14.3 Å². The molecule has 0 saturated heterocycles. The lowest BCUT2D eigenvalue weighted by Gasteiger charge is -2.03. The van der Waals surface area contributed by atoms with Gasteiger partial charge in [0.2, 0.25) is 0 Å². The zero-order chi connectivity index (χ0) is 11.7. The minimum absolute atomic E-state index is 0.148. The average Bonchev–Trinajstić information content (AvgIpc) is 2.32. The summed E-state index contributed by atoms with van der Waals surface area (Å²) < 4.78 is 4.25. The zero-order valence-corrected chi connectivity index (χ0v) is 9.32. The third-order valence-corrected chi connectivity index (χ3v) is 1.77. The van der Waals surface area contributed by atoms with E-state index < -0.39 is 5.97 Å². The van der Waals surface area contributed by atoms with Gasteiger partial charge in [-0.1, -0.05) is 39.0 Å². The first-order valence-electron chi connectivity index (χ1n) is 5.02. The number of carbonyl (C=O) groups is 2. The number of rotatable bonds is 3. The molecule has 0 saturated carbocycles. The molecular formula is C12H16O3. The predicted molar refractivity (Wildman–Crippen MR) is 58.6 cm³/mol. The molecule has 0 aliphatic heterocycles. The number of aryl methyl sites for hydroxylation is 1. The van der Waals surface area contributed by atoms with Crippen molar-refractivity contribution in [2.45, 2.75) is 27.2 Å². The second-order valence-electron chi connectivity index (χ2n) is 2.51. The summed E-state index contributed by atoms with van der Waals surface area (Å²) in [4.78, 5) is 21.1. The maximum atomic E-state index is 11.2. The van der Waals surface area contributed by atoms with Crippen molar-refractivity contribution in [3.63, 3.8) is 0 Å². The summed E-state index contributed by atoms with van der Waals surface area (Å²) in [7, 11) is 0. The SMILES string of the molecule is CC.CCc1ccccc1C(=O)OC=O. The smallest absolute Gasteiger partial charge is 0.345 e. The monoisotopic (exact) mass is 208 g/mol. The Morgan fingerprint density at radius 2 is 1.93 bits per heavy atom. The highest BCUT2D eigenvalue weighted by molar-refractivity contribution is 5.94. The molecule has 15 heavy (non-hydrogen) atoms. The van der Waals surface area contributed by atoms with Gasteiger partial charge in [0.1, 0.15) is 0 Å². The van der Waals surface area contributed by atoms with Gasteiger partial charge in [0.05, 0.1) is 5.56 Å². The van der Waals surface area contributed by atoms with Crippen molar-refractivity contribution >= 4 is 12.4 Å². The van der Waals surface area contributed by atoms with Gasteiger partial charge in [-0.15, -0.1) is 0 Å². The van der Waals surface area contributed by atoms with E-state index >= 15 is 0 Å². The summed E-state index contributed by atoms with van der Waals surface area (Å²) in [5.74, 6) is -0.590. The lowest BCUT2D eigenvalue weighted by Crippen LogP contribution is -2.06. The maximum absolute atomic E-state index is 11.2. The van der Waals surface area contributed by atoms with Gasteiger partial charge in [0.15, 0.2) is 0 Å². The molecule has 0 N–H and O–H groups in total. The topological polar surface area (TPSA) is 43.4 Å². The van der Waals surface area contributed by atoms with E-state index in [1.54, 1.807) is 12.1 Å². The summed E-state index contributed by atoms with van der Waals surface area (Å²) in [6.07, 6.45) is 0.740. The van der Waals surface area contributed by atoms with Crippen molar-refractivity contribution in [1.82, 2.24) is 0 Å². The first-order valence-corrected chi connectivity index (χ1v) is 5.02. The van der Waals surface area contributed by atoms with Gasteiger partial charge in [-0.2, -0.15) is 0 Å². The highest BCUT2D eigenvalue weighted by Crippen LogP contribution is 2.10. The lowest BCUT2D eigenvalue weighted by atomic mass is 10.1. The summed E-state index contributed by atoms with van der Waals surface area (Å²) in [6.45, 7) is 6.09. The van der Waals surface area contributed by atoms with Crippen LogP contribution in [0.4, 0.5) is 0 Å². The van der Waals surface area contributed by atoms with Crippen LogP contribution in [0.25, 0.3) is 0 Å². The van der Waals surface area contributed by atoms with Crippen LogP contribution in [-0.4, -0.2) is 12.4 Å². The van der Waals surface area contributed by atoms with Crippen LogP contribution < -0.4 is 0 Å². The van der Waals surface area contributed by atoms with Gasteiger partial charge in [0, 0.05) is 0 Å². The number of carbonyl (C=O) groups excluding carboxylic acids is 2. The van der Waals surface area contributed by atoms with Crippen LogP contribution in [0.15, 0.2) is 24.3 Å². The Labute approximate surface area is 90.1 Å². The molecule has 3 nitrogen and oxygen atoms in total. The average molecular weight is 208 g/mol. The number of benzene rings is 1. The molecule has 0 fully saturated rings. The summed E-state index contributed by atoms with van der Waals surface area (Å²) >= 11 is 0. The molecule has 0 unspecified atom stereocenters. The molecule has 0 heterocycles. The second-order valence-corrected chi connectivity index (χ2v) is 2.51. The van der Waals surface area contributed by atoms with E-state index in [0.717, 1.165) is 12.0 Å². The zero-order valence-electron chi connectivity index (χ0n) is 9.32. The Balaban J connectivity index is 0.000000921. The molecule has 0 aromatic heterocycles. The standard InChI is InChI=1S/C10H10O3.C2H6/c1-2-8-5-3-4-6-9(8)10(12)13-7-11;1-2/h3-7H,2H2,1H3;1-2H3. The summed E-state index contributed by atoms with van der Waals surface area (Å²) in [5, 5.41) is 0. The minimum atomic E-state index is -0.590. The first-order chi connectivity index (χ1) is 7.29. The van der Waals surface area contributed by atoms with E-state index in [4.69, 9.17) is 0 Å². The fraction of sp³-hybridized carbons (Fsp3) is 0.333. The predicted octanol–water partition coefficient (Wildman–Crippen LogP) is 2.59. The number of hydrogen-bond acceptors (Lipinski definition) is 3. The van der Waals surface area contributed by atoms with Gasteiger partial charge in [-0.3, -0.25) is 4.79 Å². The Bertz CT molecular complexity index is 318. The third-order valence-electron chi connectivity index (χ3n) is 1.77. The molecule has 1 rings (SSSR count). The second kappa shape index (κ2) is 7.74. The van der Waals surface area contributed by atoms with Gasteiger partial charge in [0.25, 0.3) is 0 Å². The molecule has 1 aromatic rings. The van der Waals surface area contributed by atoms with Crippen molar-refractivity contribution in [3.8, 4) is 0 Å². The summed E-state index contributed by atoms with van der Waals surface area (Å²) in [6, 6.07) is 7.06. The highest BCUT2D eigenvalue weighted by atomic mass is 16.6. The Kier molecular flexibility index (Phi) is 6.89. The molecule has 82 valence electrons. The molecule has 0 bridgehead atoms. The van der Waals surface area contributed by atoms with E-state index in [9.17, 15) is 9.59 Å². The maximum Gasteiger partial charge on any atom is 0.345 e. The first kappa shape index (κ1) is 13.4. The molecule has 0 spiro atoms. The Morgan fingerprint density at radius 3 is 2.47 bits per heavy atom. The van der Waals surface area contributed by atoms with Crippen LogP contribution in [0.2, 0.25) is 0 Å². The van der Waals surface area contributed by atoms with Gasteiger partial charge in [-0.05, 0) is 18.1 Å². The van der Waals surface area contributed by atoms with Crippen LogP contribution in [0.3, 0.4) is 0 Å². The van der Waals surface area contributed by atoms with Crippen molar-refractivity contribution in [2.24, 2.45) is 0 Å². The van der Waals surface area contributed by atoms with Crippen LogP contribution in [0, 0.1) is 0 Å². The van der Waals surface area contributed by atoms with Crippen molar-refractivity contribution in [2.75, 3.05) is 0 Å². The number of esters is 1. The van der Waals surface area contributed by atoms with E-state index in [0.29, 0.717) is 5.56 Å². The van der Waals surface area contributed by atoms with Crippen LogP contribution in [0.5, 0.6) is 0 Å². The minimum Gasteiger partial charge on any atom is -0.392 e. The molecule has 3 heteroatoms. The van der Waals surface area contributed by atoms with Gasteiger partial charge in [-0.25, -0.2) is 4.79 Å². The lowest BCUT2D eigenvalue weighted by molar-refractivity contribution is -0.123. The number of ether oxygens (including phenoxy) is 1. The van der Waals surface area contributed by atoms with Crippen LogP contribution >= 0.6 is 0 Å². The molecule has 0 aliphatic carbocycles. The van der Waals surface area contributed by atoms with Crippen molar-refractivity contribution in [3.05, 3.63) is 35.4 Å². The van der Waals surface area contributed by atoms with E-state index in [1.165, 1.54) is 0 Å². The van der Waals surface area contributed by atoms with Crippen molar-refractivity contribution in [1.29, 1.82) is 0 Å². The fourth-order valence-corrected chi connectivity index (χ4v) is 1.13. The van der Waals surface area contributed by atoms with Gasteiger partial charge >= 0.3 is 12.4 Å². The number of hydrogen-bond donors (Lipinski definition) is 0. The largest absolute Gasteiger partial charge is 0.392 e. The molecular weight excluding hydrogens is 192 g/mol. The van der Waals surface area contributed by atoms with Crippen LogP contribution in [0.1, 0.15) is 36.7 Å². The molecule has 1 aromatic carbocycles. The quantitative estimate of drug-likeness (QED) is 0.435. The fourth-order valence-electron chi connectivity index (χ4n) is 1.13. The highest BCUT2D eigenvalue weighted by Gasteiger charge is 2.09. The van der Waals surface area contributed by atoms with Gasteiger partial charge < -0.3 is 4.74 Å². The molecule has 0 radical (unpaired) electrons. The Morgan fingerprint density at radius 1 is 1.33 bits per heavy atom. The Hall–Kier alpha value is -1.64. The molecule has 0 amide bonds. The molecule has 0 atom stereocenters. The molecule has 0 aliphatic rings. The third kappa shape index (κ3) is 3.94. The van der Waals surface area contributed by atoms with Crippen LogP contribution in [-0.2, 0) is 16.0 Å². The summed E-state index contributed by atoms with van der Waals surface area (Å²) in [5.41, 5.74) is 1.34. The van der Waals surface area contributed by atoms with E-state index in [-0.39, 0.29) is 6.47 Å².